The summed E-state index contributed by atoms with van der Waals surface area (Å²) in [5, 5.41) is 3.45. The summed E-state index contributed by atoms with van der Waals surface area (Å²) in [6.45, 7) is 3.35. The number of rotatable bonds is 2. The molecule has 1 aliphatic heterocycles. The van der Waals surface area contributed by atoms with Gasteiger partial charge >= 0.3 is 0 Å². The molecule has 2 atom stereocenters. The number of fused-ring (bicyclic) bond motifs is 1. The quantitative estimate of drug-likeness (QED) is 0.580. The van der Waals surface area contributed by atoms with Gasteiger partial charge in [0.15, 0.2) is 0 Å². The molecular weight excluding hydrogens is 124 g/mol. The van der Waals surface area contributed by atoms with Crippen LogP contribution in [-0.4, -0.2) is 19.6 Å². The Morgan fingerprint density at radius 1 is 1.60 bits per heavy atom. The van der Waals surface area contributed by atoms with Crippen molar-refractivity contribution in [1.82, 2.24) is 5.32 Å². The van der Waals surface area contributed by atoms with Crippen molar-refractivity contribution in [2.24, 2.45) is 17.1 Å². The lowest BCUT2D eigenvalue weighted by atomic mass is 9.60. The van der Waals surface area contributed by atoms with E-state index in [0.717, 1.165) is 12.5 Å². The Hall–Kier alpha value is -0.0800. The van der Waals surface area contributed by atoms with E-state index in [0.29, 0.717) is 5.41 Å². The minimum atomic E-state index is 0.648. The Balaban J connectivity index is 2.00. The zero-order chi connectivity index (χ0) is 7.03. The van der Waals surface area contributed by atoms with Gasteiger partial charge in [0.05, 0.1) is 0 Å². The molecule has 2 rings (SSSR count). The van der Waals surface area contributed by atoms with Gasteiger partial charge in [-0.3, -0.25) is 0 Å². The average Bonchev–Trinajstić information content (AvgIpc) is 2.15. The van der Waals surface area contributed by atoms with Crippen LogP contribution < -0.4 is 11.1 Å². The molecule has 2 aliphatic rings. The first-order chi connectivity index (χ1) is 4.87. The van der Waals surface area contributed by atoms with Crippen molar-refractivity contribution in [3.8, 4) is 0 Å². The van der Waals surface area contributed by atoms with Crippen LogP contribution in [0.4, 0.5) is 0 Å². The summed E-state index contributed by atoms with van der Waals surface area (Å²) >= 11 is 0. The summed E-state index contributed by atoms with van der Waals surface area (Å²) in [6.07, 6.45) is 4.10. The molecule has 1 aliphatic carbocycles. The molecule has 1 heterocycles. The molecule has 0 radical (unpaired) electrons. The molecule has 0 aromatic heterocycles. The summed E-state index contributed by atoms with van der Waals surface area (Å²) in [4.78, 5) is 0. The molecule has 0 bridgehead atoms. The summed E-state index contributed by atoms with van der Waals surface area (Å²) < 4.78 is 0. The van der Waals surface area contributed by atoms with Crippen LogP contribution in [0.2, 0.25) is 0 Å². The predicted molar refractivity (Wildman–Crippen MR) is 41.7 cm³/mol. The third kappa shape index (κ3) is 0.722. The molecule has 0 aromatic rings. The fraction of sp³-hybridized carbons (Fsp3) is 1.00. The minimum absolute atomic E-state index is 0.648. The molecule has 2 unspecified atom stereocenters. The average molecular weight is 140 g/mol. The maximum Gasteiger partial charge on any atom is 0.00115 e. The number of hydrogen-bond donors (Lipinski definition) is 2. The van der Waals surface area contributed by atoms with Crippen molar-refractivity contribution in [2.45, 2.75) is 19.3 Å². The second-order valence-electron chi connectivity index (χ2n) is 3.77. The highest BCUT2D eigenvalue weighted by Crippen LogP contribution is 2.50. The van der Waals surface area contributed by atoms with E-state index in [-0.39, 0.29) is 0 Å². The lowest BCUT2D eigenvalue weighted by molar-refractivity contribution is 0.0780. The largest absolute Gasteiger partial charge is 0.330 e. The van der Waals surface area contributed by atoms with Gasteiger partial charge in [-0.25, -0.2) is 0 Å². The first kappa shape index (κ1) is 6.62. The molecule has 0 amide bonds. The van der Waals surface area contributed by atoms with Crippen LogP contribution >= 0.6 is 0 Å². The van der Waals surface area contributed by atoms with Crippen LogP contribution in [0.15, 0.2) is 0 Å². The molecule has 58 valence electrons. The Labute approximate surface area is 62.2 Å². The van der Waals surface area contributed by atoms with Crippen LogP contribution in [-0.2, 0) is 0 Å². The summed E-state index contributed by atoms with van der Waals surface area (Å²) in [5.74, 6) is 0.969. The van der Waals surface area contributed by atoms with Crippen molar-refractivity contribution in [3.63, 3.8) is 0 Å². The van der Waals surface area contributed by atoms with Gasteiger partial charge in [0.25, 0.3) is 0 Å². The molecule has 10 heavy (non-hydrogen) atoms. The molecule has 2 heteroatoms. The zero-order valence-electron chi connectivity index (χ0n) is 6.40. The van der Waals surface area contributed by atoms with Crippen LogP contribution in [0.1, 0.15) is 19.3 Å². The Morgan fingerprint density at radius 2 is 2.50 bits per heavy atom. The molecule has 0 aromatic carbocycles. The van der Waals surface area contributed by atoms with Crippen molar-refractivity contribution in [1.29, 1.82) is 0 Å². The number of hydrogen-bond acceptors (Lipinski definition) is 2. The van der Waals surface area contributed by atoms with Crippen LogP contribution in [0, 0.1) is 11.3 Å². The third-order valence-electron chi connectivity index (χ3n) is 3.37. The highest BCUT2D eigenvalue weighted by Gasteiger charge is 2.48. The normalized spacial score (nSPS) is 44.7. The monoisotopic (exact) mass is 140 g/mol. The van der Waals surface area contributed by atoms with Crippen LogP contribution in [0.3, 0.4) is 0 Å². The van der Waals surface area contributed by atoms with Gasteiger partial charge < -0.3 is 11.1 Å². The molecule has 1 saturated carbocycles. The fourth-order valence-corrected chi connectivity index (χ4v) is 2.51. The second kappa shape index (κ2) is 2.21. The fourth-order valence-electron chi connectivity index (χ4n) is 2.51. The standard InChI is InChI=1S/C8H16N2/c9-4-3-8-2-1-7(8)5-10-6-8/h7,10H,1-6,9H2. The summed E-state index contributed by atoms with van der Waals surface area (Å²) in [5.41, 5.74) is 6.21. The van der Waals surface area contributed by atoms with Crippen molar-refractivity contribution in [3.05, 3.63) is 0 Å². The van der Waals surface area contributed by atoms with E-state index >= 15 is 0 Å². The van der Waals surface area contributed by atoms with E-state index < -0.39 is 0 Å². The summed E-state index contributed by atoms with van der Waals surface area (Å²) in [6, 6.07) is 0. The minimum Gasteiger partial charge on any atom is -0.330 e. The zero-order valence-corrected chi connectivity index (χ0v) is 6.40. The lowest BCUT2D eigenvalue weighted by Crippen LogP contribution is -2.40. The van der Waals surface area contributed by atoms with Gasteiger partial charge in [-0.2, -0.15) is 0 Å². The first-order valence-electron chi connectivity index (χ1n) is 4.28. The van der Waals surface area contributed by atoms with E-state index in [1.54, 1.807) is 0 Å². The van der Waals surface area contributed by atoms with Gasteiger partial charge in [-0.1, -0.05) is 0 Å². The van der Waals surface area contributed by atoms with E-state index in [1.807, 2.05) is 0 Å². The van der Waals surface area contributed by atoms with E-state index in [1.165, 1.54) is 32.4 Å². The van der Waals surface area contributed by atoms with Crippen molar-refractivity contribution in [2.75, 3.05) is 19.6 Å². The third-order valence-corrected chi connectivity index (χ3v) is 3.37. The van der Waals surface area contributed by atoms with Gasteiger partial charge in [0.1, 0.15) is 0 Å². The predicted octanol–water partition coefficient (Wildman–Crippen LogP) is 0.335. The molecule has 1 saturated heterocycles. The van der Waals surface area contributed by atoms with Crippen molar-refractivity contribution >= 4 is 0 Å². The van der Waals surface area contributed by atoms with Crippen LogP contribution in [0.25, 0.3) is 0 Å². The molecule has 2 fully saturated rings. The Kier molecular flexibility index (Phi) is 1.46. The maximum absolute atomic E-state index is 5.56. The maximum atomic E-state index is 5.56. The van der Waals surface area contributed by atoms with E-state index in [4.69, 9.17) is 5.73 Å². The highest BCUT2D eigenvalue weighted by molar-refractivity contribution is 5.02. The first-order valence-corrected chi connectivity index (χ1v) is 4.28. The van der Waals surface area contributed by atoms with Gasteiger partial charge in [0, 0.05) is 6.54 Å². The Bertz CT molecular complexity index is 135. The molecule has 0 spiro atoms. The number of nitrogens with one attached hydrogen (secondary N) is 1. The van der Waals surface area contributed by atoms with Gasteiger partial charge in [-0.15, -0.1) is 0 Å². The lowest BCUT2D eigenvalue weighted by Gasteiger charge is -2.44. The van der Waals surface area contributed by atoms with Gasteiger partial charge in [-0.05, 0) is 43.7 Å². The molecule has 3 N–H and O–H groups in total. The smallest absolute Gasteiger partial charge is 0.00115 e. The van der Waals surface area contributed by atoms with E-state index in [2.05, 4.69) is 5.32 Å². The Morgan fingerprint density at radius 3 is 3.00 bits per heavy atom. The molecular formula is C8H16N2. The number of nitrogens with two attached hydrogens (primary N) is 1. The SMILES string of the molecule is NCCC12CCC1CNC2. The molecule has 2 nitrogen and oxygen atoms in total. The topological polar surface area (TPSA) is 38.0 Å². The van der Waals surface area contributed by atoms with Crippen molar-refractivity contribution < 1.29 is 0 Å². The summed E-state index contributed by atoms with van der Waals surface area (Å²) in [7, 11) is 0. The van der Waals surface area contributed by atoms with E-state index in [9.17, 15) is 0 Å². The second-order valence-corrected chi connectivity index (χ2v) is 3.77. The van der Waals surface area contributed by atoms with Crippen LogP contribution in [0.5, 0.6) is 0 Å². The highest BCUT2D eigenvalue weighted by atomic mass is 15.0. The van der Waals surface area contributed by atoms with Gasteiger partial charge in [0.2, 0.25) is 0 Å².